The first-order valence-corrected chi connectivity index (χ1v) is 7.23. The molecule has 0 aromatic carbocycles. The first-order chi connectivity index (χ1) is 3.81. The first-order valence-electron chi connectivity index (χ1n) is 2.88. The zero-order valence-corrected chi connectivity index (χ0v) is 8.29. The van der Waals surface area contributed by atoms with E-state index in [1.807, 2.05) is 0 Å². The second kappa shape index (κ2) is 5.69. The molecule has 0 aliphatic rings. The molecule has 48 valence electrons. The van der Waals surface area contributed by atoms with Gasteiger partial charge in [0.15, 0.2) is 0 Å². The fourth-order valence-corrected chi connectivity index (χ4v) is 2.84. The van der Waals surface area contributed by atoms with Gasteiger partial charge >= 0.3 is 57.6 Å². The van der Waals surface area contributed by atoms with Crippen molar-refractivity contribution in [3.63, 3.8) is 0 Å². The summed E-state index contributed by atoms with van der Waals surface area (Å²) in [5.74, 6) is 0. The van der Waals surface area contributed by atoms with Gasteiger partial charge in [-0.05, 0) is 0 Å². The van der Waals surface area contributed by atoms with Crippen molar-refractivity contribution in [3.05, 3.63) is 0 Å². The molecule has 0 saturated carbocycles. The third-order valence-corrected chi connectivity index (χ3v) is 4.44. The minimum atomic E-state index is -2.43. The molecule has 0 unspecified atom stereocenters. The maximum absolute atomic E-state index is 10.6. The molecule has 0 saturated heterocycles. The second-order valence-electron chi connectivity index (χ2n) is 1.68. The second-order valence-corrected chi connectivity index (χ2v) is 6.40. The van der Waals surface area contributed by atoms with Gasteiger partial charge in [0, 0.05) is 0 Å². The summed E-state index contributed by atoms with van der Waals surface area (Å²) >= 11 is -2.43. The molecule has 0 bridgehead atoms. The van der Waals surface area contributed by atoms with E-state index in [1.54, 1.807) is 0 Å². The minimum absolute atomic E-state index is 0.842. The number of unbranched alkanes of at least 4 members (excludes halogenated alkanes) is 1. The number of rotatable bonds is 4. The Kier molecular flexibility index (Phi) is 6.09. The van der Waals surface area contributed by atoms with Crippen LogP contribution in [-0.4, -0.2) is 27.3 Å². The summed E-state index contributed by atoms with van der Waals surface area (Å²) in [5.41, 5.74) is 0. The molecular formula is C5H12O2Sn. The number of hydrogen-bond acceptors (Lipinski definition) is 2. The zero-order chi connectivity index (χ0) is 6.41. The Morgan fingerprint density at radius 2 is 2.25 bits per heavy atom. The normalized spacial score (nSPS) is 9.25. The monoisotopic (exact) mass is 224 g/mol. The van der Waals surface area contributed by atoms with Crippen molar-refractivity contribution in [2.75, 3.05) is 7.11 Å². The summed E-state index contributed by atoms with van der Waals surface area (Å²) in [7, 11) is 1.54. The third kappa shape index (κ3) is 4.71. The van der Waals surface area contributed by atoms with Gasteiger partial charge in [0.05, 0.1) is 0 Å². The summed E-state index contributed by atoms with van der Waals surface area (Å²) in [6.07, 6.45) is 2.18. The van der Waals surface area contributed by atoms with Crippen LogP contribution in [0.15, 0.2) is 0 Å². The molecule has 2 nitrogen and oxygen atoms in total. The molecule has 0 radical (unpaired) electrons. The van der Waals surface area contributed by atoms with E-state index in [0.29, 0.717) is 0 Å². The van der Waals surface area contributed by atoms with Crippen LogP contribution in [0.2, 0.25) is 4.44 Å². The van der Waals surface area contributed by atoms with Crippen LogP contribution in [0.25, 0.3) is 0 Å². The van der Waals surface area contributed by atoms with Crippen LogP contribution in [0.4, 0.5) is 0 Å². The average molecular weight is 223 g/mol. The van der Waals surface area contributed by atoms with Gasteiger partial charge in [-0.15, -0.1) is 0 Å². The molecule has 8 heavy (non-hydrogen) atoms. The van der Waals surface area contributed by atoms with Crippen molar-refractivity contribution in [3.8, 4) is 0 Å². The molecule has 0 amide bonds. The molecule has 0 N–H and O–H groups in total. The van der Waals surface area contributed by atoms with Crippen molar-refractivity contribution in [1.82, 2.24) is 0 Å². The van der Waals surface area contributed by atoms with E-state index < -0.39 is 20.2 Å². The molecule has 0 fully saturated rings. The Balaban J connectivity index is 2.99. The maximum atomic E-state index is 10.6. The van der Waals surface area contributed by atoms with Gasteiger partial charge in [0.25, 0.3) is 0 Å². The van der Waals surface area contributed by atoms with E-state index >= 15 is 0 Å². The van der Waals surface area contributed by atoms with Crippen molar-refractivity contribution in [1.29, 1.82) is 0 Å². The fraction of sp³-hybridized carbons (Fsp3) is 1.00. The Labute approximate surface area is 57.9 Å². The Morgan fingerprint density at radius 1 is 1.62 bits per heavy atom. The van der Waals surface area contributed by atoms with E-state index in [4.69, 9.17) is 3.07 Å². The quantitative estimate of drug-likeness (QED) is 0.672. The van der Waals surface area contributed by atoms with Gasteiger partial charge in [-0.3, -0.25) is 0 Å². The summed E-state index contributed by atoms with van der Waals surface area (Å²) in [6, 6.07) is 0. The predicted octanol–water partition coefficient (Wildman–Crippen LogP) is 1.35. The Morgan fingerprint density at radius 3 is 2.62 bits per heavy atom. The molecule has 0 rings (SSSR count). The summed E-state index contributed by atoms with van der Waals surface area (Å²) in [6.45, 7) is 2.09. The Bertz CT molecular complexity index is 72.8. The molecular weight excluding hydrogens is 211 g/mol. The summed E-state index contributed by atoms with van der Waals surface area (Å²) in [5, 5.41) is 0. The van der Waals surface area contributed by atoms with Crippen molar-refractivity contribution >= 4 is 20.2 Å². The van der Waals surface area contributed by atoms with Crippen LogP contribution in [-0.2, 0) is 6.15 Å². The molecule has 0 atom stereocenters. The van der Waals surface area contributed by atoms with E-state index in [0.717, 1.165) is 17.3 Å². The summed E-state index contributed by atoms with van der Waals surface area (Å²) < 4.78 is 16.2. The van der Waals surface area contributed by atoms with Crippen molar-refractivity contribution in [2.45, 2.75) is 24.2 Å². The average Bonchev–Trinajstić information content (AvgIpc) is 1.83. The van der Waals surface area contributed by atoms with Crippen molar-refractivity contribution < 1.29 is 6.15 Å². The van der Waals surface area contributed by atoms with Gasteiger partial charge in [0.1, 0.15) is 0 Å². The van der Waals surface area contributed by atoms with Crippen LogP contribution in [0.3, 0.4) is 0 Å². The van der Waals surface area contributed by atoms with Gasteiger partial charge in [-0.1, -0.05) is 0 Å². The molecule has 0 aliphatic heterocycles. The first kappa shape index (κ1) is 8.56. The molecule has 0 aromatic rings. The van der Waals surface area contributed by atoms with Crippen molar-refractivity contribution in [2.24, 2.45) is 0 Å². The van der Waals surface area contributed by atoms with Crippen LogP contribution in [0.1, 0.15) is 19.8 Å². The van der Waals surface area contributed by atoms with E-state index in [9.17, 15) is 3.08 Å². The van der Waals surface area contributed by atoms with Gasteiger partial charge < -0.3 is 0 Å². The van der Waals surface area contributed by atoms with Crippen LogP contribution < -0.4 is 0 Å². The Hall–Kier alpha value is 0.559. The van der Waals surface area contributed by atoms with Gasteiger partial charge in [-0.2, -0.15) is 0 Å². The third-order valence-electron chi connectivity index (χ3n) is 0.962. The van der Waals surface area contributed by atoms with E-state index in [-0.39, 0.29) is 0 Å². The molecule has 0 aromatic heterocycles. The zero-order valence-electron chi connectivity index (χ0n) is 5.44. The fourth-order valence-electron chi connectivity index (χ4n) is 0.423. The van der Waals surface area contributed by atoms with Crippen LogP contribution in [0, 0.1) is 0 Å². The molecule has 3 heteroatoms. The van der Waals surface area contributed by atoms with E-state index in [1.165, 1.54) is 7.11 Å². The number of hydrogen-bond donors (Lipinski definition) is 0. The SMILES string of the molecule is CCC[CH2][Sn](=[O])[O]C. The molecule has 0 aliphatic carbocycles. The summed E-state index contributed by atoms with van der Waals surface area (Å²) in [4.78, 5) is 0. The standard InChI is InChI=1S/C4H9.CH3O.O.Sn/c1-3-4-2;1-2;;/h1,3-4H2,2H3;1H3;;/q;-1;;+1. The van der Waals surface area contributed by atoms with Gasteiger partial charge in [0.2, 0.25) is 0 Å². The van der Waals surface area contributed by atoms with E-state index in [2.05, 4.69) is 6.92 Å². The predicted molar refractivity (Wildman–Crippen MR) is 33.2 cm³/mol. The molecule has 0 spiro atoms. The van der Waals surface area contributed by atoms with Crippen LogP contribution >= 0.6 is 0 Å². The van der Waals surface area contributed by atoms with Crippen LogP contribution in [0.5, 0.6) is 0 Å². The molecule has 0 heterocycles. The topological polar surface area (TPSA) is 26.3 Å². The van der Waals surface area contributed by atoms with Gasteiger partial charge in [-0.25, -0.2) is 0 Å².